The summed E-state index contributed by atoms with van der Waals surface area (Å²) in [6.45, 7) is 0. The minimum Gasteiger partial charge on any atom is -0.496 e. The molecule has 20 heavy (non-hydrogen) atoms. The molecule has 104 valence electrons. The molecule has 6 heteroatoms. The maximum absolute atomic E-state index is 13.7. The number of methoxy groups -OCH3 is 1. The lowest BCUT2D eigenvalue weighted by Gasteiger charge is -2.07. The minimum atomic E-state index is -0.705. The molecule has 0 spiro atoms. The van der Waals surface area contributed by atoms with Crippen LogP contribution in [-0.4, -0.2) is 28.2 Å². The number of hydrogen-bond donors (Lipinski definition) is 0. The lowest BCUT2D eigenvalue weighted by molar-refractivity contribution is 0.0888. The van der Waals surface area contributed by atoms with Gasteiger partial charge in [0.2, 0.25) is 0 Å². The third-order valence-electron chi connectivity index (χ3n) is 2.79. The first-order valence-electron chi connectivity index (χ1n) is 5.89. The largest absolute Gasteiger partial charge is 0.496 e. The SMILES string of the molecule is COc1cccc(F)c1C(=O)CC(=O)c1cn(C)cn1. The number of carbonyl (C=O) groups is 2. The van der Waals surface area contributed by atoms with Gasteiger partial charge in [0.15, 0.2) is 11.6 Å². The van der Waals surface area contributed by atoms with Gasteiger partial charge in [-0.15, -0.1) is 0 Å². The Balaban J connectivity index is 2.23. The summed E-state index contributed by atoms with van der Waals surface area (Å²) in [5.74, 6) is -1.68. The Hall–Kier alpha value is -2.50. The van der Waals surface area contributed by atoms with E-state index >= 15 is 0 Å². The Morgan fingerprint density at radius 2 is 2.10 bits per heavy atom. The van der Waals surface area contributed by atoms with Crippen LogP contribution in [-0.2, 0) is 7.05 Å². The molecule has 0 fully saturated rings. The molecule has 0 unspecified atom stereocenters. The maximum Gasteiger partial charge on any atom is 0.190 e. The predicted molar refractivity (Wildman–Crippen MR) is 69.4 cm³/mol. The highest BCUT2D eigenvalue weighted by molar-refractivity contribution is 6.13. The smallest absolute Gasteiger partial charge is 0.190 e. The fourth-order valence-electron chi connectivity index (χ4n) is 1.83. The van der Waals surface area contributed by atoms with Crippen molar-refractivity contribution < 1.29 is 18.7 Å². The van der Waals surface area contributed by atoms with Crippen LogP contribution in [0.3, 0.4) is 0 Å². The van der Waals surface area contributed by atoms with Crippen molar-refractivity contribution in [1.82, 2.24) is 9.55 Å². The van der Waals surface area contributed by atoms with Crippen LogP contribution < -0.4 is 4.74 Å². The molecular formula is C14H13FN2O3. The highest BCUT2D eigenvalue weighted by Gasteiger charge is 2.21. The van der Waals surface area contributed by atoms with Crippen molar-refractivity contribution in [2.75, 3.05) is 7.11 Å². The number of aryl methyl sites for hydroxylation is 1. The number of carbonyl (C=O) groups excluding carboxylic acids is 2. The number of halogens is 1. The summed E-state index contributed by atoms with van der Waals surface area (Å²) in [7, 11) is 3.05. The molecule has 0 aliphatic carbocycles. The van der Waals surface area contributed by atoms with E-state index in [0.717, 1.165) is 6.07 Å². The van der Waals surface area contributed by atoms with Crippen LogP contribution in [0.4, 0.5) is 4.39 Å². The first-order chi connectivity index (χ1) is 9.52. The molecule has 1 aromatic heterocycles. The van der Waals surface area contributed by atoms with Crippen molar-refractivity contribution in [3.8, 4) is 5.75 Å². The Bertz CT molecular complexity index is 664. The Morgan fingerprint density at radius 3 is 2.70 bits per heavy atom. The lowest BCUT2D eigenvalue weighted by atomic mass is 10.0. The Labute approximate surface area is 115 Å². The molecule has 0 aliphatic rings. The second kappa shape index (κ2) is 5.64. The van der Waals surface area contributed by atoms with E-state index in [9.17, 15) is 14.0 Å². The molecule has 0 atom stereocenters. The zero-order valence-electron chi connectivity index (χ0n) is 11.1. The molecule has 0 amide bonds. The monoisotopic (exact) mass is 276 g/mol. The molecule has 0 radical (unpaired) electrons. The number of rotatable bonds is 5. The molecule has 1 aromatic carbocycles. The van der Waals surface area contributed by atoms with Crippen LogP contribution in [0.1, 0.15) is 27.3 Å². The highest BCUT2D eigenvalue weighted by atomic mass is 19.1. The number of hydrogen-bond acceptors (Lipinski definition) is 4. The lowest BCUT2D eigenvalue weighted by Crippen LogP contribution is -2.12. The topological polar surface area (TPSA) is 61.2 Å². The quantitative estimate of drug-likeness (QED) is 0.619. The van der Waals surface area contributed by atoms with Crippen LogP contribution in [0.5, 0.6) is 5.75 Å². The van der Waals surface area contributed by atoms with Crippen molar-refractivity contribution in [2.24, 2.45) is 7.05 Å². The number of imidazole rings is 1. The van der Waals surface area contributed by atoms with Gasteiger partial charge in [-0.25, -0.2) is 9.37 Å². The van der Waals surface area contributed by atoms with Gasteiger partial charge in [0, 0.05) is 13.2 Å². The van der Waals surface area contributed by atoms with E-state index in [0.29, 0.717) is 0 Å². The normalized spacial score (nSPS) is 10.3. The standard InChI is InChI=1S/C14H13FN2O3/c1-17-7-10(16-8-17)11(18)6-12(19)14-9(15)4-3-5-13(14)20-2/h3-5,7-8H,6H2,1-2H3. The van der Waals surface area contributed by atoms with Gasteiger partial charge < -0.3 is 9.30 Å². The molecule has 5 nitrogen and oxygen atoms in total. The zero-order valence-corrected chi connectivity index (χ0v) is 11.1. The van der Waals surface area contributed by atoms with Gasteiger partial charge >= 0.3 is 0 Å². The summed E-state index contributed by atoms with van der Waals surface area (Å²) >= 11 is 0. The summed E-state index contributed by atoms with van der Waals surface area (Å²) in [5.41, 5.74) is -0.0320. The predicted octanol–water partition coefficient (Wildman–Crippen LogP) is 2.02. The molecule has 0 N–H and O–H groups in total. The number of ether oxygens (including phenoxy) is 1. The molecule has 0 aliphatic heterocycles. The third kappa shape index (κ3) is 2.74. The molecule has 0 saturated heterocycles. The van der Waals surface area contributed by atoms with Gasteiger partial charge in [-0.2, -0.15) is 0 Å². The summed E-state index contributed by atoms with van der Waals surface area (Å²) in [5, 5.41) is 0. The van der Waals surface area contributed by atoms with E-state index in [1.807, 2.05) is 0 Å². The van der Waals surface area contributed by atoms with E-state index in [2.05, 4.69) is 4.98 Å². The van der Waals surface area contributed by atoms with E-state index < -0.39 is 23.8 Å². The molecule has 2 aromatic rings. The fraction of sp³-hybridized carbons (Fsp3) is 0.214. The number of Topliss-reactive ketones (excluding diaryl/α,β-unsaturated/α-hetero) is 2. The number of aromatic nitrogens is 2. The summed E-state index contributed by atoms with van der Waals surface area (Å²) in [6, 6.07) is 4.06. The van der Waals surface area contributed by atoms with Gasteiger partial charge in [-0.3, -0.25) is 9.59 Å². The van der Waals surface area contributed by atoms with Crippen LogP contribution in [0, 0.1) is 5.82 Å². The third-order valence-corrected chi connectivity index (χ3v) is 2.79. The zero-order chi connectivity index (χ0) is 14.7. The van der Waals surface area contributed by atoms with Gasteiger partial charge in [0.1, 0.15) is 17.3 Å². The first kappa shape index (κ1) is 13.9. The van der Waals surface area contributed by atoms with Crippen LogP contribution >= 0.6 is 0 Å². The fourth-order valence-corrected chi connectivity index (χ4v) is 1.83. The Kier molecular flexibility index (Phi) is 3.93. The van der Waals surface area contributed by atoms with E-state index in [-0.39, 0.29) is 17.0 Å². The van der Waals surface area contributed by atoms with Crippen molar-refractivity contribution in [3.63, 3.8) is 0 Å². The van der Waals surface area contributed by atoms with E-state index in [1.165, 1.54) is 31.8 Å². The van der Waals surface area contributed by atoms with Crippen LogP contribution in [0.25, 0.3) is 0 Å². The van der Waals surface area contributed by atoms with Gasteiger partial charge in [0.25, 0.3) is 0 Å². The molecule has 1 heterocycles. The van der Waals surface area contributed by atoms with Crippen molar-refractivity contribution in [3.05, 3.63) is 47.8 Å². The summed E-state index contributed by atoms with van der Waals surface area (Å²) < 4.78 is 20.3. The van der Waals surface area contributed by atoms with Gasteiger partial charge in [-0.05, 0) is 12.1 Å². The van der Waals surface area contributed by atoms with Gasteiger partial charge in [-0.1, -0.05) is 6.07 Å². The van der Waals surface area contributed by atoms with Gasteiger partial charge in [0.05, 0.1) is 25.4 Å². The first-order valence-corrected chi connectivity index (χ1v) is 5.89. The average molecular weight is 276 g/mol. The molecule has 2 rings (SSSR count). The number of nitrogens with zero attached hydrogens (tertiary/aromatic N) is 2. The summed E-state index contributed by atoms with van der Waals surface area (Å²) in [6.07, 6.45) is 2.52. The molecular weight excluding hydrogens is 263 g/mol. The van der Waals surface area contributed by atoms with Crippen LogP contribution in [0.15, 0.2) is 30.7 Å². The number of ketones is 2. The second-order valence-corrected chi connectivity index (χ2v) is 4.26. The maximum atomic E-state index is 13.7. The van der Waals surface area contributed by atoms with Crippen molar-refractivity contribution in [1.29, 1.82) is 0 Å². The minimum absolute atomic E-state index is 0.115. The highest BCUT2D eigenvalue weighted by Crippen LogP contribution is 2.23. The van der Waals surface area contributed by atoms with Crippen molar-refractivity contribution >= 4 is 11.6 Å². The average Bonchev–Trinajstić information content (AvgIpc) is 2.84. The van der Waals surface area contributed by atoms with Crippen LogP contribution in [0.2, 0.25) is 0 Å². The second-order valence-electron chi connectivity index (χ2n) is 4.26. The van der Waals surface area contributed by atoms with Crippen molar-refractivity contribution in [2.45, 2.75) is 6.42 Å². The summed E-state index contributed by atoms with van der Waals surface area (Å²) in [4.78, 5) is 27.8. The van der Waals surface area contributed by atoms with E-state index in [1.54, 1.807) is 11.6 Å². The number of benzene rings is 1. The molecule has 0 saturated carbocycles. The Morgan fingerprint density at radius 1 is 1.35 bits per heavy atom. The molecule has 0 bridgehead atoms. The van der Waals surface area contributed by atoms with E-state index in [4.69, 9.17) is 4.74 Å².